The molecule has 2 aromatic rings. The van der Waals surface area contributed by atoms with Crippen LogP contribution in [-0.4, -0.2) is 34.6 Å². The molecule has 0 bridgehead atoms. The molecule has 1 saturated heterocycles. The van der Waals surface area contributed by atoms with E-state index in [0.717, 1.165) is 31.4 Å². The van der Waals surface area contributed by atoms with Crippen LogP contribution >= 0.6 is 11.3 Å². The molecule has 0 unspecified atom stereocenters. The van der Waals surface area contributed by atoms with Crippen molar-refractivity contribution in [1.82, 2.24) is 15.0 Å². The lowest BCUT2D eigenvalue weighted by molar-refractivity contribution is -0.135. The Hall–Kier alpha value is -1.73. The number of ether oxygens (including phenoxy) is 1. The van der Waals surface area contributed by atoms with Crippen LogP contribution in [0.2, 0.25) is 0 Å². The van der Waals surface area contributed by atoms with Crippen LogP contribution in [0.4, 0.5) is 0 Å². The zero-order valence-corrected chi connectivity index (χ0v) is 13.3. The van der Waals surface area contributed by atoms with Crippen LogP contribution in [-0.2, 0) is 22.6 Å². The van der Waals surface area contributed by atoms with Gasteiger partial charge in [0.15, 0.2) is 5.82 Å². The van der Waals surface area contributed by atoms with Crippen LogP contribution in [0.1, 0.15) is 42.6 Å². The smallest absolute Gasteiger partial charge is 0.249 e. The summed E-state index contributed by atoms with van der Waals surface area (Å²) in [6.07, 6.45) is 3.38. The molecule has 2 aromatic heterocycles. The Kier molecular flexibility index (Phi) is 4.84. The summed E-state index contributed by atoms with van der Waals surface area (Å²) in [7, 11) is 1.59. The molecule has 0 N–H and O–H groups in total. The maximum atomic E-state index is 12.6. The Balaban J connectivity index is 1.73. The minimum Gasteiger partial charge on any atom is -0.377 e. The Morgan fingerprint density at radius 1 is 1.55 bits per heavy atom. The normalized spacial score (nSPS) is 18.6. The Bertz CT molecular complexity index is 611. The maximum Gasteiger partial charge on any atom is 0.249 e. The number of carbonyl (C=O) groups excluding carboxylic acids is 1. The van der Waals surface area contributed by atoms with Crippen molar-refractivity contribution < 1.29 is 14.1 Å². The first-order chi connectivity index (χ1) is 10.8. The molecule has 1 aliphatic heterocycles. The first kappa shape index (κ1) is 15.2. The number of nitrogens with zero attached hydrogens (tertiary/aromatic N) is 3. The summed E-state index contributed by atoms with van der Waals surface area (Å²) in [4.78, 5) is 18.8. The SMILES string of the molecule is COCc1noc([C@@H]2CCCCN2C(=O)Cc2ccsc2)n1. The number of carbonyl (C=O) groups is 1. The van der Waals surface area contributed by atoms with Crippen molar-refractivity contribution in [2.75, 3.05) is 13.7 Å². The molecule has 22 heavy (non-hydrogen) atoms. The highest BCUT2D eigenvalue weighted by molar-refractivity contribution is 7.07. The molecule has 1 aliphatic rings. The van der Waals surface area contributed by atoms with Gasteiger partial charge in [-0.3, -0.25) is 4.79 Å². The Labute approximate surface area is 133 Å². The topological polar surface area (TPSA) is 68.5 Å². The highest BCUT2D eigenvalue weighted by atomic mass is 32.1. The predicted molar refractivity (Wildman–Crippen MR) is 81.3 cm³/mol. The van der Waals surface area contributed by atoms with E-state index in [-0.39, 0.29) is 11.9 Å². The quantitative estimate of drug-likeness (QED) is 0.846. The largest absolute Gasteiger partial charge is 0.377 e. The molecule has 118 valence electrons. The number of aromatic nitrogens is 2. The average Bonchev–Trinajstić information content (AvgIpc) is 3.19. The van der Waals surface area contributed by atoms with Crippen molar-refractivity contribution in [3.05, 3.63) is 34.1 Å². The van der Waals surface area contributed by atoms with Crippen LogP contribution in [0, 0.1) is 0 Å². The fourth-order valence-electron chi connectivity index (χ4n) is 2.75. The second-order valence-corrected chi connectivity index (χ2v) is 6.17. The summed E-state index contributed by atoms with van der Waals surface area (Å²) < 4.78 is 10.3. The first-order valence-electron chi connectivity index (χ1n) is 7.40. The molecule has 7 heteroatoms. The third-order valence-corrected chi connectivity index (χ3v) is 4.53. The monoisotopic (exact) mass is 321 g/mol. The predicted octanol–water partition coefficient (Wildman–Crippen LogP) is 2.57. The van der Waals surface area contributed by atoms with Gasteiger partial charge in [-0.2, -0.15) is 16.3 Å². The molecule has 0 aliphatic carbocycles. The number of hydrogen-bond donors (Lipinski definition) is 0. The summed E-state index contributed by atoms with van der Waals surface area (Å²) in [5.41, 5.74) is 1.06. The lowest BCUT2D eigenvalue weighted by Gasteiger charge is -2.33. The molecule has 0 radical (unpaired) electrons. The van der Waals surface area contributed by atoms with E-state index >= 15 is 0 Å². The summed E-state index contributed by atoms with van der Waals surface area (Å²) in [5, 5.41) is 7.91. The van der Waals surface area contributed by atoms with Gasteiger partial charge in [-0.1, -0.05) is 5.16 Å². The summed E-state index contributed by atoms with van der Waals surface area (Å²) in [5.74, 6) is 1.16. The molecule has 3 rings (SSSR count). The number of likely N-dealkylation sites (tertiary alicyclic amines) is 1. The van der Waals surface area contributed by atoms with Gasteiger partial charge in [-0.25, -0.2) is 0 Å². The van der Waals surface area contributed by atoms with E-state index in [0.29, 0.717) is 24.7 Å². The van der Waals surface area contributed by atoms with Crippen molar-refractivity contribution in [3.63, 3.8) is 0 Å². The Morgan fingerprint density at radius 3 is 3.23 bits per heavy atom. The van der Waals surface area contributed by atoms with Gasteiger partial charge >= 0.3 is 0 Å². The Morgan fingerprint density at radius 2 is 2.45 bits per heavy atom. The van der Waals surface area contributed by atoms with Gasteiger partial charge in [0.1, 0.15) is 12.6 Å². The third-order valence-electron chi connectivity index (χ3n) is 3.80. The standard InChI is InChI=1S/C15H19N3O3S/c1-20-9-13-16-15(21-17-13)12-4-2-3-6-18(12)14(19)8-11-5-7-22-10-11/h5,7,10,12H,2-4,6,8-9H2,1H3/t12-/m0/s1. The zero-order chi connectivity index (χ0) is 15.4. The minimum absolute atomic E-state index is 0.113. The maximum absolute atomic E-state index is 12.6. The van der Waals surface area contributed by atoms with Crippen LogP contribution < -0.4 is 0 Å². The third kappa shape index (κ3) is 3.36. The van der Waals surface area contributed by atoms with E-state index in [2.05, 4.69) is 10.1 Å². The second-order valence-electron chi connectivity index (χ2n) is 5.39. The molecule has 3 heterocycles. The van der Waals surface area contributed by atoms with Crippen molar-refractivity contribution >= 4 is 17.2 Å². The molecule has 0 aromatic carbocycles. The lowest BCUT2D eigenvalue weighted by Crippen LogP contribution is -2.39. The molecular weight excluding hydrogens is 302 g/mol. The number of amides is 1. The number of rotatable bonds is 5. The summed E-state index contributed by atoms with van der Waals surface area (Å²) in [6.45, 7) is 1.06. The fraction of sp³-hybridized carbons (Fsp3) is 0.533. The van der Waals surface area contributed by atoms with Crippen LogP contribution in [0.15, 0.2) is 21.3 Å². The molecule has 6 nitrogen and oxygen atoms in total. The molecule has 0 spiro atoms. The van der Waals surface area contributed by atoms with Crippen LogP contribution in [0.5, 0.6) is 0 Å². The summed E-state index contributed by atoms with van der Waals surface area (Å²) in [6, 6.07) is 1.88. The molecular formula is C15H19N3O3S. The number of thiophene rings is 1. The van der Waals surface area contributed by atoms with E-state index < -0.39 is 0 Å². The van der Waals surface area contributed by atoms with Crippen molar-refractivity contribution in [1.29, 1.82) is 0 Å². The molecule has 1 atom stereocenters. The van der Waals surface area contributed by atoms with Gasteiger partial charge in [-0.15, -0.1) is 0 Å². The minimum atomic E-state index is -0.113. The molecule has 1 amide bonds. The highest BCUT2D eigenvalue weighted by Gasteiger charge is 2.32. The molecule has 1 fully saturated rings. The molecule has 0 saturated carbocycles. The number of methoxy groups -OCH3 is 1. The second kappa shape index (κ2) is 7.02. The van der Waals surface area contributed by atoms with E-state index in [4.69, 9.17) is 9.26 Å². The zero-order valence-electron chi connectivity index (χ0n) is 12.5. The number of piperidine rings is 1. The van der Waals surface area contributed by atoms with Gasteiger partial charge in [-0.05, 0) is 41.7 Å². The average molecular weight is 321 g/mol. The number of hydrogen-bond acceptors (Lipinski definition) is 6. The fourth-order valence-corrected chi connectivity index (χ4v) is 3.42. The highest BCUT2D eigenvalue weighted by Crippen LogP contribution is 2.30. The van der Waals surface area contributed by atoms with Gasteiger partial charge in [0.25, 0.3) is 0 Å². The van der Waals surface area contributed by atoms with E-state index in [1.54, 1.807) is 18.4 Å². The summed E-state index contributed by atoms with van der Waals surface area (Å²) >= 11 is 1.61. The van der Waals surface area contributed by atoms with E-state index in [1.807, 2.05) is 21.7 Å². The van der Waals surface area contributed by atoms with E-state index in [1.165, 1.54) is 0 Å². The van der Waals surface area contributed by atoms with Crippen molar-refractivity contribution in [3.8, 4) is 0 Å². The van der Waals surface area contributed by atoms with E-state index in [9.17, 15) is 4.79 Å². The van der Waals surface area contributed by atoms with Crippen LogP contribution in [0.25, 0.3) is 0 Å². The van der Waals surface area contributed by atoms with Gasteiger partial charge in [0.05, 0.1) is 6.42 Å². The lowest BCUT2D eigenvalue weighted by atomic mass is 10.0. The van der Waals surface area contributed by atoms with Gasteiger partial charge in [0.2, 0.25) is 11.8 Å². The van der Waals surface area contributed by atoms with Crippen LogP contribution in [0.3, 0.4) is 0 Å². The van der Waals surface area contributed by atoms with Crippen molar-refractivity contribution in [2.24, 2.45) is 0 Å². The van der Waals surface area contributed by atoms with Gasteiger partial charge < -0.3 is 14.2 Å². The van der Waals surface area contributed by atoms with Gasteiger partial charge in [0, 0.05) is 13.7 Å². The first-order valence-corrected chi connectivity index (χ1v) is 8.34. The van der Waals surface area contributed by atoms with Crippen molar-refractivity contribution in [2.45, 2.75) is 38.3 Å².